The maximum atomic E-state index is 12.9. The van der Waals surface area contributed by atoms with E-state index in [-0.39, 0.29) is 18.5 Å². The van der Waals surface area contributed by atoms with Gasteiger partial charge in [0.15, 0.2) is 0 Å². The van der Waals surface area contributed by atoms with Crippen molar-refractivity contribution in [1.29, 1.82) is 0 Å². The molecule has 1 aliphatic heterocycles. The van der Waals surface area contributed by atoms with E-state index in [1.807, 2.05) is 39.0 Å². The Morgan fingerprint density at radius 3 is 2.46 bits per heavy atom. The van der Waals surface area contributed by atoms with E-state index < -0.39 is 10.0 Å². The summed E-state index contributed by atoms with van der Waals surface area (Å²) in [4.78, 5) is 14.5. The van der Waals surface area contributed by atoms with Crippen molar-refractivity contribution >= 4 is 15.9 Å². The number of nitrogens with one attached hydrogen (secondary N) is 1. The van der Waals surface area contributed by atoms with E-state index in [9.17, 15) is 13.2 Å². The first-order valence-corrected chi connectivity index (χ1v) is 10.8. The molecule has 0 spiro atoms. The van der Waals surface area contributed by atoms with Gasteiger partial charge in [0.05, 0.1) is 23.7 Å². The van der Waals surface area contributed by atoms with Gasteiger partial charge in [-0.25, -0.2) is 8.42 Å². The second-order valence-corrected chi connectivity index (χ2v) is 9.09. The lowest BCUT2D eigenvalue weighted by Gasteiger charge is -2.34. The Balaban J connectivity index is 1.54. The Bertz CT molecular complexity index is 917. The van der Waals surface area contributed by atoms with Gasteiger partial charge in [-0.3, -0.25) is 10.1 Å². The number of benzene rings is 1. The van der Waals surface area contributed by atoms with Crippen LogP contribution in [0.25, 0.3) is 0 Å². The maximum absolute atomic E-state index is 12.9. The summed E-state index contributed by atoms with van der Waals surface area (Å²) < 4.78 is 32.5. The molecule has 7 nitrogen and oxygen atoms in total. The third-order valence-corrected chi connectivity index (χ3v) is 7.13. The van der Waals surface area contributed by atoms with Crippen molar-refractivity contribution in [3.05, 3.63) is 53.5 Å². The topological polar surface area (TPSA) is 82.9 Å². The lowest BCUT2D eigenvalue weighted by molar-refractivity contribution is -0.131. The highest BCUT2D eigenvalue weighted by Gasteiger charge is 2.30. The lowest BCUT2D eigenvalue weighted by atomic mass is 10.1. The smallest absolute Gasteiger partial charge is 0.243 e. The summed E-state index contributed by atoms with van der Waals surface area (Å²) in [6.07, 6.45) is 1.60. The molecule has 1 saturated heterocycles. The number of amides is 1. The summed E-state index contributed by atoms with van der Waals surface area (Å²) in [7, 11) is -3.54. The number of carbonyl (C=O) groups is 1. The Labute approximate surface area is 166 Å². The minimum absolute atomic E-state index is 0.0402. The van der Waals surface area contributed by atoms with Crippen molar-refractivity contribution in [1.82, 2.24) is 14.5 Å². The molecule has 1 fully saturated rings. The number of nitrogens with zero attached hydrogens (tertiary/aromatic N) is 2. The van der Waals surface area contributed by atoms with E-state index in [1.54, 1.807) is 23.3 Å². The molecule has 0 radical (unpaired) electrons. The zero-order chi connectivity index (χ0) is 20.3. The van der Waals surface area contributed by atoms with Crippen molar-refractivity contribution < 1.29 is 17.6 Å². The number of furan rings is 1. The van der Waals surface area contributed by atoms with Crippen molar-refractivity contribution in [2.75, 3.05) is 32.7 Å². The van der Waals surface area contributed by atoms with E-state index in [0.717, 1.165) is 16.9 Å². The fraction of sp³-hybridized carbons (Fsp3) is 0.450. The van der Waals surface area contributed by atoms with E-state index in [1.165, 1.54) is 4.31 Å². The molecule has 0 bridgehead atoms. The predicted molar refractivity (Wildman–Crippen MR) is 106 cm³/mol. The third kappa shape index (κ3) is 4.45. The van der Waals surface area contributed by atoms with Crippen molar-refractivity contribution in [3.8, 4) is 0 Å². The summed E-state index contributed by atoms with van der Waals surface area (Å²) in [5.74, 6) is 0.735. The fourth-order valence-electron chi connectivity index (χ4n) is 3.19. The van der Waals surface area contributed by atoms with Gasteiger partial charge in [-0.2, -0.15) is 4.31 Å². The summed E-state index contributed by atoms with van der Waals surface area (Å²) in [5, 5.41) is 3.14. The van der Waals surface area contributed by atoms with Gasteiger partial charge in [-0.05, 0) is 56.2 Å². The standard InChI is InChI=1S/C20H27N3O4S/c1-15-6-7-18(13-16(15)2)28(25,26)23-10-8-22(9-11-23)20(24)14-21-17(3)19-5-4-12-27-19/h4-7,12-13,17,21H,8-11,14H2,1-3H3/t17-/m1/s1. The quantitative estimate of drug-likeness (QED) is 0.796. The zero-order valence-corrected chi connectivity index (χ0v) is 17.3. The van der Waals surface area contributed by atoms with Crippen LogP contribution in [0.15, 0.2) is 45.9 Å². The molecule has 2 heterocycles. The lowest BCUT2D eigenvalue weighted by Crippen LogP contribution is -2.52. The predicted octanol–water partition coefficient (Wildman–Crippen LogP) is 2.08. The van der Waals surface area contributed by atoms with E-state index >= 15 is 0 Å². The highest BCUT2D eigenvalue weighted by molar-refractivity contribution is 7.89. The molecule has 0 aliphatic carbocycles. The third-order valence-electron chi connectivity index (χ3n) is 5.24. The van der Waals surface area contributed by atoms with Crippen LogP contribution in [0, 0.1) is 13.8 Å². The van der Waals surface area contributed by atoms with Crippen LogP contribution < -0.4 is 5.32 Å². The Kier molecular flexibility index (Phi) is 6.22. The van der Waals surface area contributed by atoms with Crippen LogP contribution >= 0.6 is 0 Å². The van der Waals surface area contributed by atoms with Crippen molar-refractivity contribution in [2.24, 2.45) is 0 Å². The molecule has 1 aromatic heterocycles. The minimum atomic E-state index is -3.54. The fourth-order valence-corrected chi connectivity index (χ4v) is 4.70. The molecule has 1 atom stereocenters. The normalized spacial score (nSPS) is 16.9. The molecule has 8 heteroatoms. The summed E-state index contributed by atoms with van der Waals surface area (Å²) in [6.45, 7) is 7.35. The molecule has 1 N–H and O–H groups in total. The number of sulfonamides is 1. The average molecular weight is 406 g/mol. The van der Waals surface area contributed by atoms with Crippen LogP contribution in [0.1, 0.15) is 29.9 Å². The van der Waals surface area contributed by atoms with Crippen molar-refractivity contribution in [3.63, 3.8) is 0 Å². The summed E-state index contributed by atoms with van der Waals surface area (Å²) >= 11 is 0. The van der Waals surface area contributed by atoms with E-state index in [4.69, 9.17) is 4.42 Å². The first-order valence-electron chi connectivity index (χ1n) is 9.41. The van der Waals surface area contributed by atoms with Gasteiger partial charge in [0.1, 0.15) is 5.76 Å². The molecule has 1 aliphatic rings. The summed E-state index contributed by atoms with van der Waals surface area (Å²) in [6, 6.07) is 8.79. The molecule has 1 aromatic carbocycles. The number of carbonyl (C=O) groups excluding carboxylic acids is 1. The van der Waals surface area contributed by atoms with Gasteiger partial charge < -0.3 is 9.32 Å². The van der Waals surface area contributed by atoms with Gasteiger partial charge in [0.2, 0.25) is 15.9 Å². The number of aryl methyl sites for hydroxylation is 2. The average Bonchev–Trinajstić information content (AvgIpc) is 3.23. The van der Waals surface area contributed by atoms with Gasteiger partial charge >= 0.3 is 0 Å². The zero-order valence-electron chi connectivity index (χ0n) is 16.5. The molecule has 0 unspecified atom stereocenters. The SMILES string of the molecule is Cc1ccc(S(=O)(=O)N2CCN(C(=O)CN[C@H](C)c3ccco3)CC2)cc1C. The Morgan fingerprint density at radius 2 is 1.86 bits per heavy atom. The van der Waals surface area contributed by atoms with E-state index in [0.29, 0.717) is 31.1 Å². The number of hydrogen-bond acceptors (Lipinski definition) is 5. The maximum Gasteiger partial charge on any atom is 0.243 e. The van der Waals surface area contributed by atoms with Crippen LogP contribution in [0.5, 0.6) is 0 Å². The van der Waals surface area contributed by atoms with Gasteiger partial charge in [0.25, 0.3) is 0 Å². The highest BCUT2D eigenvalue weighted by atomic mass is 32.2. The van der Waals surface area contributed by atoms with E-state index in [2.05, 4.69) is 5.32 Å². The van der Waals surface area contributed by atoms with Crippen LogP contribution in [0.4, 0.5) is 0 Å². The van der Waals surface area contributed by atoms with Crippen molar-refractivity contribution in [2.45, 2.75) is 31.7 Å². The number of rotatable bonds is 6. The number of hydrogen-bond donors (Lipinski definition) is 1. The molecular formula is C20H27N3O4S. The molecular weight excluding hydrogens is 378 g/mol. The molecule has 0 saturated carbocycles. The Hall–Kier alpha value is -2.16. The Morgan fingerprint density at radius 1 is 1.14 bits per heavy atom. The van der Waals surface area contributed by atoms with Gasteiger partial charge in [-0.1, -0.05) is 6.07 Å². The summed E-state index contributed by atoms with van der Waals surface area (Å²) in [5.41, 5.74) is 2.01. The number of piperazine rings is 1. The molecule has 3 rings (SSSR count). The largest absolute Gasteiger partial charge is 0.468 e. The minimum Gasteiger partial charge on any atom is -0.468 e. The highest BCUT2D eigenvalue weighted by Crippen LogP contribution is 2.20. The monoisotopic (exact) mass is 405 g/mol. The molecule has 152 valence electrons. The van der Waals surface area contributed by atoms with Gasteiger partial charge in [0, 0.05) is 26.2 Å². The first kappa shape index (κ1) is 20.6. The van der Waals surface area contributed by atoms with Gasteiger partial charge in [-0.15, -0.1) is 0 Å². The molecule has 1 amide bonds. The first-order chi connectivity index (χ1) is 13.3. The van der Waals surface area contributed by atoms with Crippen LogP contribution in [0.3, 0.4) is 0 Å². The molecule has 2 aromatic rings. The van der Waals surface area contributed by atoms with Crippen LogP contribution in [-0.2, 0) is 14.8 Å². The second kappa shape index (κ2) is 8.46. The van der Waals surface area contributed by atoms with Crippen LogP contribution in [0.2, 0.25) is 0 Å². The van der Waals surface area contributed by atoms with Crippen LogP contribution in [-0.4, -0.2) is 56.3 Å². The second-order valence-electron chi connectivity index (χ2n) is 7.15. The molecule has 28 heavy (non-hydrogen) atoms.